The van der Waals surface area contributed by atoms with Crippen LogP contribution in [0.1, 0.15) is 21.1 Å². The van der Waals surface area contributed by atoms with E-state index in [1.54, 1.807) is 29.6 Å². The number of amides is 2. The van der Waals surface area contributed by atoms with Crippen molar-refractivity contribution in [2.45, 2.75) is 13.0 Å². The molecule has 5 N–H and O–H groups in total. The molecule has 6 nitrogen and oxygen atoms in total. The Balaban J connectivity index is 2.02. The Morgan fingerprint density at radius 1 is 1.25 bits per heavy atom. The van der Waals surface area contributed by atoms with Crippen LogP contribution < -0.4 is 16.8 Å². The SMILES string of the molecule is NCc1nc(C(=O)Nc2ccc(CC(N)=O)cc2)cs1. The Bertz CT molecular complexity index is 622. The lowest BCUT2D eigenvalue weighted by atomic mass is 10.1. The molecule has 0 aliphatic rings. The fraction of sp³-hybridized carbons (Fsp3) is 0.154. The van der Waals surface area contributed by atoms with Gasteiger partial charge < -0.3 is 16.8 Å². The lowest BCUT2D eigenvalue weighted by Gasteiger charge is -2.04. The van der Waals surface area contributed by atoms with Gasteiger partial charge in [0.05, 0.1) is 6.42 Å². The Hall–Kier alpha value is -2.25. The van der Waals surface area contributed by atoms with Crippen molar-refractivity contribution in [3.8, 4) is 0 Å². The van der Waals surface area contributed by atoms with Gasteiger partial charge in [-0.05, 0) is 17.7 Å². The summed E-state index contributed by atoms with van der Waals surface area (Å²) in [4.78, 5) is 26.8. The van der Waals surface area contributed by atoms with Crippen LogP contribution >= 0.6 is 11.3 Å². The predicted octanol–water partition coefficient (Wildman–Crippen LogP) is 0.882. The molecule has 0 spiro atoms. The van der Waals surface area contributed by atoms with Crippen LogP contribution in [0.3, 0.4) is 0 Å². The highest BCUT2D eigenvalue weighted by Gasteiger charge is 2.10. The van der Waals surface area contributed by atoms with Gasteiger partial charge in [0, 0.05) is 17.6 Å². The summed E-state index contributed by atoms with van der Waals surface area (Å²) in [7, 11) is 0. The van der Waals surface area contributed by atoms with Crippen molar-refractivity contribution < 1.29 is 9.59 Å². The molecule has 2 amide bonds. The van der Waals surface area contributed by atoms with Gasteiger partial charge in [0.15, 0.2) is 0 Å². The van der Waals surface area contributed by atoms with E-state index in [0.29, 0.717) is 22.9 Å². The number of aromatic nitrogens is 1. The summed E-state index contributed by atoms with van der Waals surface area (Å²) in [5.41, 5.74) is 12.3. The number of benzene rings is 1. The van der Waals surface area contributed by atoms with E-state index < -0.39 is 5.91 Å². The maximum absolute atomic E-state index is 11.9. The number of nitrogens with zero attached hydrogens (tertiary/aromatic N) is 1. The van der Waals surface area contributed by atoms with Crippen LogP contribution in [0.5, 0.6) is 0 Å². The van der Waals surface area contributed by atoms with E-state index in [1.807, 2.05) is 0 Å². The van der Waals surface area contributed by atoms with E-state index in [1.165, 1.54) is 11.3 Å². The zero-order chi connectivity index (χ0) is 14.5. The monoisotopic (exact) mass is 290 g/mol. The average molecular weight is 290 g/mol. The van der Waals surface area contributed by atoms with E-state index in [2.05, 4.69) is 10.3 Å². The number of rotatable bonds is 5. The van der Waals surface area contributed by atoms with Crippen LogP contribution in [0, 0.1) is 0 Å². The minimum absolute atomic E-state index is 0.181. The molecule has 0 saturated heterocycles. The summed E-state index contributed by atoms with van der Waals surface area (Å²) in [6.45, 7) is 0.319. The number of hydrogen-bond donors (Lipinski definition) is 3. The van der Waals surface area contributed by atoms with Crippen molar-refractivity contribution in [2.24, 2.45) is 11.5 Å². The third-order valence-corrected chi connectivity index (χ3v) is 3.42. The molecule has 2 rings (SSSR count). The van der Waals surface area contributed by atoms with E-state index in [4.69, 9.17) is 11.5 Å². The third kappa shape index (κ3) is 3.62. The zero-order valence-corrected chi connectivity index (χ0v) is 11.4. The number of nitrogens with one attached hydrogen (secondary N) is 1. The van der Waals surface area contributed by atoms with Gasteiger partial charge in [0.25, 0.3) is 5.91 Å². The number of nitrogens with two attached hydrogens (primary N) is 2. The molecule has 0 radical (unpaired) electrons. The highest BCUT2D eigenvalue weighted by molar-refractivity contribution is 7.09. The number of carbonyl (C=O) groups is 2. The number of carbonyl (C=O) groups excluding carboxylic acids is 2. The standard InChI is InChI=1S/C13H14N4O2S/c14-6-12-17-10(7-20-12)13(19)16-9-3-1-8(2-4-9)5-11(15)18/h1-4,7H,5-6,14H2,(H2,15,18)(H,16,19). The highest BCUT2D eigenvalue weighted by atomic mass is 32.1. The van der Waals surface area contributed by atoms with Crippen LogP contribution in [0.15, 0.2) is 29.6 Å². The first-order valence-electron chi connectivity index (χ1n) is 5.91. The summed E-state index contributed by atoms with van der Waals surface area (Å²) in [5.74, 6) is -0.679. The van der Waals surface area contributed by atoms with Crippen molar-refractivity contribution in [1.29, 1.82) is 0 Å². The maximum Gasteiger partial charge on any atom is 0.275 e. The number of thiazole rings is 1. The molecule has 0 saturated carbocycles. The Labute approximate surface area is 119 Å². The Kier molecular flexibility index (Phi) is 4.44. The molecule has 0 fully saturated rings. The van der Waals surface area contributed by atoms with Gasteiger partial charge in [0.2, 0.25) is 5.91 Å². The second-order valence-corrected chi connectivity index (χ2v) is 5.07. The molecule has 0 aliphatic heterocycles. The van der Waals surface area contributed by atoms with E-state index in [0.717, 1.165) is 5.56 Å². The van der Waals surface area contributed by atoms with Crippen LogP contribution in [0.25, 0.3) is 0 Å². The number of hydrogen-bond acceptors (Lipinski definition) is 5. The first-order valence-corrected chi connectivity index (χ1v) is 6.79. The normalized spacial score (nSPS) is 10.2. The lowest BCUT2D eigenvalue weighted by molar-refractivity contribution is -0.117. The molecular formula is C13H14N4O2S. The fourth-order valence-electron chi connectivity index (χ4n) is 1.61. The Morgan fingerprint density at radius 2 is 1.95 bits per heavy atom. The molecule has 1 heterocycles. The van der Waals surface area contributed by atoms with Crippen LogP contribution in [0.4, 0.5) is 5.69 Å². The average Bonchev–Trinajstić information content (AvgIpc) is 2.89. The summed E-state index contributed by atoms with van der Waals surface area (Å²) in [6.07, 6.45) is 0.181. The number of primary amides is 1. The van der Waals surface area contributed by atoms with Gasteiger partial charge in [-0.15, -0.1) is 11.3 Å². The van der Waals surface area contributed by atoms with Gasteiger partial charge in [-0.3, -0.25) is 9.59 Å². The summed E-state index contributed by atoms with van der Waals surface area (Å²) < 4.78 is 0. The molecule has 1 aromatic heterocycles. The highest BCUT2D eigenvalue weighted by Crippen LogP contribution is 2.13. The molecule has 0 unspecified atom stereocenters. The topological polar surface area (TPSA) is 111 Å². The zero-order valence-electron chi connectivity index (χ0n) is 10.6. The molecule has 20 heavy (non-hydrogen) atoms. The molecule has 2 aromatic rings. The molecule has 0 atom stereocenters. The molecule has 104 valence electrons. The first kappa shape index (κ1) is 14.2. The van der Waals surface area contributed by atoms with Crippen molar-refractivity contribution >= 4 is 28.8 Å². The van der Waals surface area contributed by atoms with Gasteiger partial charge in [-0.1, -0.05) is 12.1 Å². The van der Waals surface area contributed by atoms with E-state index in [-0.39, 0.29) is 12.3 Å². The van der Waals surface area contributed by atoms with Crippen molar-refractivity contribution in [1.82, 2.24) is 4.98 Å². The van der Waals surface area contributed by atoms with Gasteiger partial charge >= 0.3 is 0 Å². The Morgan fingerprint density at radius 3 is 2.50 bits per heavy atom. The third-order valence-electron chi connectivity index (χ3n) is 2.55. The summed E-state index contributed by atoms with van der Waals surface area (Å²) >= 11 is 1.35. The first-order chi connectivity index (χ1) is 9.58. The minimum Gasteiger partial charge on any atom is -0.369 e. The smallest absolute Gasteiger partial charge is 0.275 e. The minimum atomic E-state index is -0.390. The molecule has 1 aromatic carbocycles. The fourth-order valence-corrected chi connectivity index (χ4v) is 2.27. The largest absolute Gasteiger partial charge is 0.369 e. The van der Waals surface area contributed by atoms with E-state index >= 15 is 0 Å². The van der Waals surface area contributed by atoms with Crippen LogP contribution in [-0.4, -0.2) is 16.8 Å². The lowest BCUT2D eigenvalue weighted by Crippen LogP contribution is -2.14. The molecular weight excluding hydrogens is 276 g/mol. The van der Waals surface area contributed by atoms with Gasteiger partial charge in [-0.25, -0.2) is 4.98 Å². The number of anilines is 1. The van der Waals surface area contributed by atoms with Crippen LogP contribution in [-0.2, 0) is 17.8 Å². The summed E-state index contributed by atoms with van der Waals surface area (Å²) in [5, 5.41) is 5.10. The maximum atomic E-state index is 11.9. The molecule has 0 aliphatic carbocycles. The molecule has 7 heteroatoms. The van der Waals surface area contributed by atoms with E-state index in [9.17, 15) is 9.59 Å². The van der Waals surface area contributed by atoms with Crippen LogP contribution in [0.2, 0.25) is 0 Å². The van der Waals surface area contributed by atoms with Gasteiger partial charge in [-0.2, -0.15) is 0 Å². The van der Waals surface area contributed by atoms with Crippen molar-refractivity contribution in [3.05, 3.63) is 45.9 Å². The van der Waals surface area contributed by atoms with Crippen molar-refractivity contribution in [2.75, 3.05) is 5.32 Å². The van der Waals surface area contributed by atoms with Gasteiger partial charge in [0.1, 0.15) is 10.7 Å². The van der Waals surface area contributed by atoms with Crippen molar-refractivity contribution in [3.63, 3.8) is 0 Å². The quantitative estimate of drug-likeness (QED) is 0.759. The molecule has 0 bridgehead atoms. The second kappa shape index (κ2) is 6.27. The summed E-state index contributed by atoms with van der Waals surface area (Å²) in [6, 6.07) is 6.91. The predicted molar refractivity (Wildman–Crippen MR) is 77.3 cm³/mol. The second-order valence-electron chi connectivity index (χ2n) is 4.12.